The highest BCUT2D eigenvalue weighted by atomic mass is 19.1. The summed E-state index contributed by atoms with van der Waals surface area (Å²) >= 11 is 0. The number of rotatable bonds is 2. The Labute approximate surface area is 151 Å². The summed E-state index contributed by atoms with van der Waals surface area (Å²) < 4.78 is 19.0. The van der Waals surface area contributed by atoms with E-state index in [1.54, 1.807) is 39.0 Å². The molecule has 0 aliphatic carbocycles. The maximum absolute atomic E-state index is 13.7. The molecule has 3 rings (SSSR count). The van der Waals surface area contributed by atoms with Gasteiger partial charge in [0, 0.05) is 11.4 Å². The van der Waals surface area contributed by atoms with Crippen molar-refractivity contribution in [3.8, 4) is 0 Å². The van der Waals surface area contributed by atoms with E-state index in [0.717, 1.165) is 0 Å². The molecular weight excluding hydrogens is 337 g/mol. The molecule has 2 heterocycles. The summed E-state index contributed by atoms with van der Waals surface area (Å²) in [4.78, 5) is 30.4. The number of carbonyl (C=O) groups is 2. The molecule has 1 fully saturated rings. The van der Waals surface area contributed by atoms with Gasteiger partial charge in [0.15, 0.2) is 0 Å². The molecule has 26 heavy (non-hydrogen) atoms. The second kappa shape index (κ2) is 6.55. The van der Waals surface area contributed by atoms with Crippen LogP contribution >= 0.6 is 0 Å². The fraction of sp³-hybridized carbons (Fsp3) is 0.421. The summed E-state index contributed by atoms with van der Waals surface area (Å²) in [5.41, 5.74) is 0.0784. The topological polar surface area (TPSA) is 71.5 Å². The Kier molecular flexibility index (Phi) is 4.56. The van der Waals surface area contributed by atoms with Gasteiger partial charge in [-0.2, -0.15) is 0 Å². The molecule has 138 valence electrons. The lowest BCUT2D eigenvalue weighted by Gasteiger charge is -2.45. The fourth-order valence-corrected chi connectivity index (χ4v) is 2.99. The number of fused-ring (bicyclic) bond motifs is 1. The van der Waals surface area contributed by atoms with Gasteiger partial charge in [-0.05, 0) is 46.2 Å². The zero-order valence-electron chi connectivity index (χ0n) is 15.2. The standard InChI is InChI=1S/C19H22FN3O3/c1-11-8-15(23(11)18(25)26-19(2,3)4)17(24)22-13-9-12-6-5-7-14(20)16(12)21-10-13/h5-7,9-11,15H,8H2,1-4H3,(H,22,24). The average molecular weight is 359 g/mol. The van der Waals surface area contributed by atoms with Gasteiger partial charge in [0.05, 0.1) is 11.9 Å². The molecule has 2 aromatic rings. The Bertz CT molecular complexity index is 863. The minimum Gasteiger partial charge on any atom is -0.444 e. The molecule has 0 spiro atoms. The first-order chi connectivity index (χ1) is 12.2. The second-order valence-electron chi connectivity index (χ2n) is 7.51. The van der Waals surface area contributed by atoms with Crippen molar-refractivity contribution in [3.63, 3.8) is 0 Å². The van der Waals surface area contributed by atoms with E-state index in [0.29, 0.717) is 17.5 Å². The first-order valence-corrected chi connectivity index (χ1v) is 8.52. The molecule has 0 saturated carbocycles. The van der Waals surface area contributed by atoms with Crippen LogP contribution in [0, 0.1) is 5.82 Å². The van der Waals surface area contributed by atoms with E-state index in [2.05, 4.69) is 10.3 Å². The lowest BCUT2D eigenvalue weighted by atomic mass is 9.94. The summed E-state index contributed by atoms with van der Waals surface area (Å²) in [6.45, 7) is 7.22. The minimum absolute atomic E-state index is 0.0653. The lowest BCUT2D eigenvalue weighted by molar-refractivity contribution is -0.128. The summed E-state index contributed by atoms with van der Waals surface area (Å²) in [7, 11) is 0. The Morgan fingerprint density at radius 2 is 2.08 bits per heavy atom. The van der Waals surface area contributed by atoms with Gasteiger partial charge in [0.2, 0.25) is 5.91 Å². The number of anilines is 1. The normalized spacial score (nSPS) is 19.8. The van der Waals surface area contributed by atoms with Crippen molar-refractivity contribution in [3.05, 3.63) is 36.3 Å². The first-order valence-electron chi connectivity index (χ1n) is 8.52. The van der Waals surface area contributed by atoms with Crippen LogP contribution in [0.2, 0.25) is 0 Å². The number of ether oxygens (including phenoxy) is 1. The minimum atomic E-state index is -0.625. The predicted molar refractivity (Wildman–Crippen MR) is 96.3 cm³/mol. The van der Waals surface area contributed by atoms with E-state index in [1.165, 1.54) is 17.2 Å². The summed E-state index contributed by atoms with van der Waals surface area (Å²) in [5, 5.41) is 3.34. The van der Waals surface area contributed by atoms with Gasteiger partial charge >= 0.3 is 6.09 Å². The van der Waals surface area contributed by atoms with Crippen molar-refractivity contribution in [2.24, 2.45) is 0 Å². The molecule has 1 aromatic heterocycles. The molecule has 2 atom stereocenters. The van der Waals surface area contributed by atoms with Gasteiger partial charge in [-0.3, -0.25) is 14.7 Å². The quantitative estimate of drug-likeness (QED) is 0.887. The van der Waals surface area contributed by atoms with Crippen LogP contribution in [0.1, 0.15) is 34.1 Å². The zero-order chi connectivity index (χ0) is 19.1. The fourth-order valence-electron chi connectivity index (χ4n) is 2.99. The van der Waals surface area contributed by atoms with Crippen molar-refractivity contribution < 1.29 is 18.7 Å². The van der Waals surface area contributed by atoms with Crippen LogP contribution < -0.4 is 5.32 Å². The molecule has 2 unspecified atom stereocenters. The van der Waals surface area contributed by atoms with Gasteiger partial charge in [0.1, 0.15) is 23.0 Å². The van der Waals surface area contributed by atoms with Crippen LogP contribution in [0.3, 0.4) is 0 Å². The van der Waals surface area contributed by atoms with E-state index < -0.39 is 23.6 Å². The number of nitrogens with zero attached hydrogens (tertiary/aromatic N) is 2. The van der Waals surface area contributed by atoms with Crippen LogP contribution in [-0.4, -0.2) is 39.6 Å². The number of aromatic nitrogens is 1. The van der Waals surface area contributed by atoms with Gasteiger partial charge in [-0.25, -0.2) is 9.18 Å². The number of para-hydroxylation sites is 1. The number of hydrogen-bond acceptors (Lipinski definition) is 4. The number of benzene rings is 1. The molecular formula is C19H22FN3O3. The van der Waals surface area contributed by atoms with E-state index in [4.69, 9.17) is 4.74 Å². The van der Waals surface area contributed by atoms with E-state index in [-0.39, 0.29) is 17.5 Å². The number of likely N-dealkylation sites (tertiary alicyclic amines) is 1. The van der Waals surface area contributed by atoms with Crippen molar-refractivity contribution in [1.82, 2.24) is 9.88 Å². The summed E-state index contributed by atoms with van der Waals surface area (Å²) in [6.07, 6.45) is 1.46. The third-order valence-corrected chi connectivity index (χ3v) is 4.21. The Balaban J connectivity index is 1.72. The maximum Gasteiger partial charge on any atom is 0.411 e. The predicted octanol–water partition coefficient (Wildman–Crippen LogP) is 3.71. The third kappa shape index (κ3) is 3.61. The summed E-state index contributed by atoms with van der Waals surface area (Å²) in [6, 6.07) is 5.64. The number of nitrogens with one attached hydrogen (secondary N) is 1. The molecule has 1 aliphatic rings. The number of hydrogen-bond donors (Lipinski definition) is 1. The number of pyridine rings is 1. The second-order valence-corrected chi connectivity index (χ2v) is 7.51. The molecule has 1 aliphatic heterocycles. The van der Waals surface area contributed by atoms with Crippen molar-refractivity contribution >= 4 is 28.6 Å². The molecule has 7 heteroatoms. The Morgan fingerprint density at radius 3 is 2.73 bits per heavy atom. The van der Waals surface area contributed by atoms with Gasteiger partial charge in [-0.1, -0.05) is 12.1 Å². The van der Waals surface area contributed by atoms with Crippen molar-refractivity contribution in [1.29, 1.82) is 0 Å². The zero-order valence-corrected chi connectivity index (χ0v) is 15.2. The number of amides is 2. The van der Waals surface area contributed by atoms with Crippen LogP contribution in [-0.2, 0) is 9.53 Å². The molecule has 6 nitrogen and oxygen atoms in total. The average Bonchev–Trinajstić information content (AvgIpc) is 2.50. The first kappa shape index (κ1) is 18.1. The molecule has 2 amide bonds. The maximum atomic E-state index is 13.7. The third-order valence-electron chi connectivity index (χ3n) is 4.21. The molecule has 1 aromatic carbocycles. The van der Waals surface area contributed by atoms with Crippen LogP contribution in [0.4, 0.5) is 14.9 Å². The Morgan fingerprint density at radius 1 is 1.35 bits per heavy atom. The number of carbonyl (C=O) groups excluding carboxylic acids is 2. The summed E-state index contributed by atoms with van der Waals surface area (Å²) in [5.74, 6) is -0.726. The monoisotopic (exact) mass is 359 g/mol. The Hall–Kier alpha value is -2.70. The van der Waals surface area contributed by atoms with Gasteiger partial charge in [0.25, 0.3) is 0 Å². The molecule has 1 N–H and O–H groups in total. The van der Waals surface area contributed by atoms with Crippen LogP contribution in [0.15, 0.2) is 30.5 Å². The van der Waals surface area contributed by atoms with Crippen LogP contribution in [0.5, 0.6) is 0 Å². The van der Waals surface area contributed by atoms with Crippen LogP contribution in [0.25, 0.3) is 10.9 Å². The molecule has 0 radical (unpaired) electrons. The van der Waals surface area contributed by atoms with E-state index in [9.17, 15) is 14.0 Å². The van der Waals surface area contributed by atoms with E-state index in [1.807, 2.05) is 6.92 Å². The highest BCUT2D eigenvalue weighted by Gasteiger charge is 2.45. The van der Waals surface area contributed by atoms with E-state index >= 15 is 0 Å². The smallest absolute Gasteiger partial charge is 0.411 e. The lowest BCUT2D eigenvalue weighted by Crippen LogP contribution is -2.62. The highest BCUT2D eigenvalue weighted by Crippen LogP contribution is 2.29. The van der Waals surface area contributed by atoms with Crippen molar-refractivity contribution in [2.75, 3.05) is 5.32 Å². The largest absolute Gasteiger partial charge is 0.444 e. The highest BCUT2D eigenvalue weighted by molar-refractivity contribution is 5.98. The SMILES string of the molecule is CC1CC(C(=O)Nc2cnc3c(F)cccc3c2)N1C(=O)OC(C)(C)C. The van der Waals surface area contributed by atoms with Gasteiger partial charge < -0.3 is 10.1 Å². The number of halogens is 1. The molecule has 1 saturated heterocycles. The van der Waals surface area contributed by atoms with Crippen molar-refractivity contribution in [2.45, 2.75) is 51.8 Å². The molecule has 0 bridgehead atoms. The van der Waals surface area contributed by atoms with Gasteiger partial charge in [-0.15, -0.1) is 0 Å².